The molecule has 4 heterocycles. The molecule has 0 unspecified atom stereocenters. The van der Waals surface area contributed by atoms with E-state index in [-0.39, 0.29) is 52.3 Å². The van der Waals surface area contributed by atoms with Gasteiger partial charge in [0, 0.05) is 100.0 Å². The molecule has 2 aromatic rings. The van der Waals surface area contributed by atoms with Crippen molar-refractivity contribution in [3.05, 3.63) is 23.7 Å². The van der Waals surface area contributed by atoms with Crippen LogP contribution in [0.5, 0.6) is 0 Å². The number of nitrogens with one attached hydrogen (secondary N) is 2. The van der Waals surface area contributed by atoms with Crippen molar-refractivity contribution in [3.8, 4) is 0 Å². The Morgan fingerprint density at radius 3 is 1.40 bits per heavy atom. The number of anilines is 2. The number of nitrogens with zero attached hydrogens (tertiary/aromatic N) is 6. The first-order valence-electron chi connectivity index (χ1n) is 20.7. The highest BCUT2D eigenvalue weighted by molar-refractivity contribution is 5.89. The molecule has 57 heavy (non-hydrogen) atoms. The second kappa shape index (κ2) is 18.4. The third kappa shape index (κ3) is 12.3. The lowest BCUT2D eigenvalue weighted by atomic mass is 9.79. The van der Waals surface area contributed by atoms with Crippen LogP contribution in [-0.2, 0) is 25.2 Å². The first-order chi connectivity index (χ1) is 26.8. The van der Waals surface area contributed by atoms with Crippen molar-refractivity contribution >= 4 is 41.3 Å². The van der Waals surface area contributed by atoms with Crippen LogP contribution in [0.25, 0.3) is 0 Å². The molecule has 16 nitrogen and oxygen atoms in total. The van der Waals surface area contributed by atoms with Crippen molar-refractivity contribution in [2.45, 2.75) is 129 Å². The molecule has 2 aromatic heterocycles. The third-order valence-corrected chi connectivity index (χ3v) is 11.5. The number of carbonyl (C=O) groups excluding carboxylic acids is 5. The van der Waals surface area contributed by atoms with E-state index in [1.807, 2.05) is 58.3 Å². The number of hydrogen-bond acceptors (Lipinski definition) is 10. The van der Waals surface area contributed by atoms with Crippen molar-refractivity contribution in [2.75, 3.05) is 63.0 Å². The van der Waals surface area contributed by atoms with Gasteiger partial charge in [-0.1, -0.05) is 51.9 Å². The number of aliphatic hydroxyl groups is 1. The first kappa shape index (κ1) is 43.6. The standard InChI is InChI=1S/C21H34N4O4.C20H30N4O4/c1-20(2,3)16-14-17(23-29-16)22-19(27)25-11-5-10-24(12-13-25)18(26)15-6-8-21(4,28)9-7-15;1-20(2,3)16-13-17(22-28-16)21-19(27)24-10-4-9-23(11-12-24)18(26)14-5-7-15(25)8-6-14/h14-15,28H,5-13H2,1-4H3,(H,22,23,27);13-14H,4-12H2,1-3H3,(H,21,22,27). The van der Waals surface area contributed by atoms with Gasteiger partial charge < -0.3 is 33.8 Å². The largest absolute Gasteiger partial charge is 0.390 e. The molecule has 4 fully saturated rings. The van der Waals surface area contributed by atoms with Crippen LogP contribution in [-0.4, -0.2) is 123 Å². The van der Waals surface area contributed by atoms with E-state index in [9.17, 15) is 29.1 Å². The van der Waals surface area contributed by atoms with E-state index in [2.05, 4.69) is 20.9 Å². The van der Waals surface area contributed by atoms with Gasteiger partial charge >= 0.3 is 12.1 Å². The lowest BCUT2D eigenvalue weighted by Gasteiger charge is -2.34. The van der Waals surface area contributed by atoms with Crippen LogP contribution in [0.2, 0.25) is 0 Å². The van der Waals surface area contributed by atoms with Crippen molar-refractivity contribution in [2.24, 2.45) is 11.8 Å². The van der Waals surface area contributed by atoms with Gasteiger partial charge in [0.1, 0.15) is 17.3 Å². The number of rotatable bonds is 4. The predicted octanol–water partition coefficient (Wildman–Crippen LogP) is 5.78. The van der Waals surface area contributed by atoms with Crippen LogP contribution in [0.3, 0.4) is 0 Å². The van der Waals surface area contributed by atoms with E-state index in [1.54, 1.807) is 21.9 Å². The number of Topliss-reactive ketones (excluding diaryl/α,β-unsaturated/α-hetero) is 1. The molecule has 0 aromatic carbocycles. The van der Waals surface area contributed by atoms with Gasteiger partial charge in [-0.2, -0.15) is 0 Å². The van der Waals surface area contributed by atoms with Gasteiger partial charge in [0.2, 0.25) is 11.8 Å². The summed E-state index contributed by atoms with van der Waals surface area (Å²) in [7, 11) is 0. The van der Waals surface area contributed by atoms with E-state index < -0.39 is 5.60 Å². The van der Waals surface area contributed by atoms with Crippen molar-refractivity contribution in [1.82, 2.24) is 29.9 Å². The average molecular weight is 797 g/mol. The number of aromatic nitrogens is 2. The molecular weight excluding hydrogens is 732 g/mol. The summed E-state index contributed by atoms with van der Waals surface area (Å²) < 4.78 is 10.6. The summed E-state index contributed by atoms with van der Waals surface area (Å²) in [6.07, 6.45) is 6.59. The quantitative estimate of drug-likeness (QED) is 0.342. The maximum absolute atomic E-state index is 12.9. The minimum Gasteiger partial charge on any atom is -0.390 e. The van der Waals surface area contributed by atoms with Gasteiger partial charge in [-0.3, -0.25) is 25.0 Å². The Kier molecular flexibility index (Phi) is 14.1. The summed E-state index contributed by atoms with van der Waals surface area (Å²) in [6.45, 7) is 18.5. The van der Waals surface area contributed by atoms with Crippen molar-refractivity contribution in [3.63, 3.8) is 0 Å². The summed E-state index contributed by atoms with van der Waals surface area (Å²) in [5.41, 5.74) is -0.992. The van der Waals surface area contributed by atoms with Crippen LogP contribution < -0.4 is 10.6 Å². The minimum absolute atomic E-state index is 0.0125. The van der Waals surface area contributed by atoms with Gasteiger partial charge in [0.25, 0.3) is 0 Å². The molecule has 0 radical (unpaired) electrons. The van der Waals surface area contributed by atoms with Gasteiger partial charge in [-0.15, -0.1) is 0 Å². The zero-order valence-corrected chi connectivity index (χ0v) is 35.0. The Hall–Kier alpha value is -4.47. The van der Waals surface area contributed by atoms with E-state index in [1.165, 1.54) is 0 Å². The summed E-state index contributed by atoms with van der Waals surface area (Å²) >= 11 is 0. The molecule has 2 aliphatic heterocycles. The van der Waals surface area contributed by atoms with Crippen LogP contribution >= 0.6 is 0 Å². The second-order valence-electron chi connectivity index (χ2n) is 18.4. The van der Waals surface area contributed by atoms with Gasteiger partial charge in [0.05, 0.1) is 5.60 Å². The highest BCUT2D eigenvalue weighted by Crippen LogP contribution is 2.33. The molecular formula is C41H64N8O8. The maximum atomic E-state index is 12.9. The fourth-order valence-corrected chi connectivity index (χ4v) is 7.62. The van der Waals surface area contributed by atoms with Crippen LogP contribution in [0, 0.1) is 11.8 Å². The molecule has 0 spiro atoms. The molecule has 6 amide bonds. The van der Waals surface area contributed by atoms with E-state index in [0.717, 1.165) is 25.7 Å². The Labute approximate surface area is 336 Å². The summed E-state index contributed by atoms with van der Waals surface area (Å²) in [4.78, 5) is 69.4. The Bertz CT molecular complexity index is 1700. The summed E-state index contributed by atoms with van der Waals surface area (Å²) in [6, 6.07) is 3.05. The number of hydrogen-bond donors (Lipinski definition) is 3. The van der Waals surface area contributed by atoms with Gasteiger partial charge in [0.15, 0.2) is 11.6 Å². The molecule has 2 aliphatic carbocycles. The van der Waals surface area contributed by atoms with E-state index in [0.29, 0.717) is 114 Å². The second-order valence-corrected chi connectivity index (χ2v) is 18.4. The number of urea groups is 2. The number of ketones is 1. The Balaban J connectivity index is 0.000000218. The Morgan fingerprint density at radius 2 is 1.02 bits per heavy atom. The average Bonchev–Trinajstić information content (AvgIpc) is 3.67. The number of amides is 6. The summed E-state index contributed by atoms with van der Waals surface area (Å²) in [5, 5.41) is 23.6. The number of carbonyl (C=O) groups is 5. The lowest BCUT2D eigenvalue weighted by Crippen LogP contribution is -2.43. The molecule has 2 saturated carbocycles. The normalized spacial score (nSPS) is 22.9. The highest BCUT2D eigenvalue weighted by Gasteiger charge is 2.35. The molecule has 3 N–H and O–H groups in total. The minimum atomic E-state index is -0.640. The maximum Gasteiger partial charge on any atom is 0.323 e. The van der Waals surface area contributed by atoms with Crippen LogP contribution in [0.4, 0.5) is 21.2 Å². The van der Waals surface area contributed by atoms with Crippen LogP contribution in [0.15, 0.2) is 21.2 Å². The van der Waals surface area contributed by atoms with Crippen molar-refractivity contribution < 1.29 is 38.1 Å². The first-order valence-corrected chi connectivity index (χ1v) is 20.7. The van der Waals surface area contributed by atoms with Gasteiger partial charge in [-0.05, 0) is 58.3 Å². The molecule has 16 heteroatoms. The van der Waals surface area contributed by atoms with Crippen LogP contribution in [0.1, 0.15) is 124 Å². The zero-order chi connectivity index (χ0) is 41.5. The Morgan fingerprint density at radius 1 is 0.649 bits per heavy atom. The molecule has 0 bridgehead atoms. The van der Waals surface area contributed by atoms with E-state index >= 15 is 0 Å². The molecule has 0 atom stereocenters. The van der Waals surface area contributed by atoms with Crippen molar-refractivity contribution in [1.29, 1.82) is 0 Å². The highest BCUT2D eigenvalue weighted by atomic mass is 16.5. The fourth-order valence-electron chi connectivity index (χ4n) is 7.62. The fraction of sp³-hybridized carbons (Fsp3) is 0.732. The smallest absolute Gasteiger partial charge is 0.323 e. The molecule has 2 saturated heterocycles. The predicted molar refractivity (Wildman–Crippen MR) is 214 cm³/mol. The third-order valence-electron chi connectivity index (χ3n) is 11.5. The molecule has 4 aliphatic rings. The van der Waals surface area contributed by atoms with E-state index in [4.69, 9.17) is 9.05 Å². The zero-order valence-electron chi connectivity index (χ0n) is 35.0. The monoisotopic (exact) mass is 796 g/mol. The molecule has 6 rings (SSSR count). The lowest BCUT2D eigenvalue weighted by molar-refractivity contribution is -0.138. The summed E-state index contributed by atoms with van der Waals surface area (Å²) in [5.74, 6) is 2.71. The topological polar surface area (TPSA) is 195 Å². The van der Waals surface area contributed by atoms with Gasteiger partial charge in [-0.25, -0.2) is 9.59 Å². The molecule has 316 valence electrons. The SMILES string of the molecule is CC(C)(C)c1cc(NC(=O)N2CCCN(C(=O)C3CCC(=O)CC3)CC2)no1.CC1(O)CCC(C(=O)N2CCCN(C(=O)Nc3cc(C(C)(C)C)on3)CC2)CC1.